The number of aliphatic hydroxyl groups excluding tert-OH is 1. The zero-order chi connectivity index (χ0) is 14.1. The lowest BCUT2D eigenvalue weighted by molar-refractivity contribution is 0.190. The van der Waals surface area contributed by atoms with E-state index >= 15 is 0 Å². The Morgan fingerprint density at radius 2 is 1.84 bits per heavy atom. The lowest BCUT2D eigenvalue weighted by atomic mass is 10.1. The van der Waals surface area contributed by atoms with Gasteiger partial charge in [0, 0.05) is 10.0 Å². The first kappa shape index (κ1) is 16.5. The van der Waals surface area contributed by atoms with E-state index in [-0.39, 0.29) is 0 Å². The Morgan fingerprint density at radius 3 is 2.53 bits per heavy atom. The smallest absolute Gasteiger partial charge is 0.125 e. The third-order valence-corrected chi connectivity index (χ3v) is 3.67. The molecule has 3 heteroatoms. The SMILES string of the molecule is CCCCCCCCOc1ccc(Br)cc1C(C)O. The summed E-state index contributed by atoms with van der Waals surface area (Å²) in [5, 5.41) is 9.73. The van der Waals surface area contributed by atoms with Crippen molar-refractivity contribution in [2.75, 3.05) is 6.61 Å². The maximum atomic E-state index is 9.73. The van der Waals surface area contributed by atoms with Crippen molar-refractivity contribution in [3.8, 4) is 5.75 Å². The van der Waals surface area contributed by atoms with Gasteiger partial charge in [0.25, 0.3) is 0 Å². The Bertz CT molecular complexity index is 364. The number of hydrogen-bond donors (Lipinski definition) is 1. The van der Waals surface area contributed by atoms with Crippen molar-refractivity contribution in [1.82, 2.24) is 0 Å². The monoisotopic (exact) mass is 328 g/mol. The van der Waals surface area contributed by atoms with E-state index in [1.54, 1.807) is 6.92 Å². The first-order valence-corrected chi connectivity index (χ1v) is 8.04. The highest BCUT2D eigenvalue weighted by atomic mass is 79.9. The number of unbranched alkanes of at least 4 members (excludes halogenated alkanes) is 5. The molecule has 0 amide bonds. The number of benzene rings is 1. The van der Waals surface area contributed by atoms with Crippen LogP contribution >= 0.6 is 15.9 Å². The van der Waals surface area contributed by atoms with Gasteiger partial charge in [-0.1, -0.05) is 55.0 Å². The van der Waals surface area contributed by atoms with Crippen molar-refractivity contribution in [1.29, 1.82) is 0 Å². The molecule has 0 saturated carbocycles. The molecule has 0 bridgehead atoms. The molecule has 0 aliphatic heterocycles. The van der Waals surface area contributed by atoms with E-state index in [1.165, 1.54) is 32.1 Å². The number of aliphatic hydroxyl groups is 1. The third kappa shape index (κ3) is 6.44. The van der Waals surface area contributed by atoms with Crippen LogP contribution < -0.4 is 4.74 Å². The highest BCUT2D eigenvalue weighted by Crippen LogP contribution is 2.28. The van der Waals surface area contributed by atoms with Crippen molar-refractivity contribution >= 4 is 15.9 Å². The molecular formula is C16H25BrO2. The molecular weight excluding hydrogens is 304 g/mol. The highest BCUT2D eigenvalue weighted by molar-refractivity contribution is 9.10. The molecule has 2 nitrogen and oxygen atoms in total. The first-order valence-electron chi connectivity index (χ1n) is 7.25. The van der Waals surface area contributed by atoms with Crippen LogP contribution in [0.15, 0.2) is 22.7 Å². The summed E-state index contributed by atoms with van der Waals surface area (Å²) in [7, 11) is 0. The van der Waals surface area contributed by atoms with E-state index in [0.717, 1.165) is 28.8 Å². The van der Waals surface area contributed by atoms with Gasteiger partial charge in [-0.15, -0.1) is 0 Å². The first-order chi connectivity index (χ1) is 9.15. The topological polar surface area (TPSA) is 29.5 Å². The van der Waals surface area contributed by atoms with Crippen molar-refractivity contribution in [3.63, 3.8) is 0 Å². The van der Waals surface area contributed by atoms with Gasteiger partial charge in [-0.3, -0.25) is 0 Å². The van der Waals surface area contributed by atoms with E-state index in [1.807, 2.05) is 18.2 Å². The highest BCUT2D eigenvalue weighted by Gasteiger charge is 2.09. The van der Waals surface area contributed by atoms with Crippen LogP contribution in [0.1, 0.15) is 64.0 Å². The standard InChI is InChI=1S/C16H25BrO2/c1-3-4-5-6-7-8-11-19-16-10-9-14(17)12-15(16)13(2)18/h9-10,12-13,18H,3-8,11H2,1-2H3. The second-order valence-electron chi connectivity index (χ2n) is 4.97. The summed E-state index contributed by atoms with van der Waals surface area (Å²) in [5.74, 6) is 0.798. The average Bonchev–Trinajstić information content (AvgIpc) is 2.39. The molecule has 19 heavy (non-hydrogen) atoms. The minimum atomic E-state index is -0.503. The van der Waals surface area contributed by atoms with Crippen LogP contribution in [0.3, 0.4) is 0 Å². The van der Waals surface area contributed by atoms with Crippen LogP contribution in [-0.2, 0) is 0 Å². The zero-order valence-electron chi connectivity index (χ0n) is 12.0. The van der Waals surface area contributed by atoms with Gasteiger partial charge in [0.05, 0.1) is 12.7 Å². The minimum Gasteiger partial charge on any atom is -0.493 e. The summed E-state index contributed by atoms with van der Waals surface area (Å²) in [6.07, 6.45) is 7.04. The fourth-order valence-corrected chi connectivity index (χ4v) is 2.42. The molecule has 1 N–H and O–H groups in total. The molecule has 108 valence electrons. The predicted octanol–water partition coefficient (Wildman–Crippen LogP) is 5.24. The molecule has 0 saturated heterocycles. The van der Waals surface area contributed by atoms with Crippen molar-refractivity contribution < 1.29 is 9.84 Å². The molecule has 0 fully saturated rings. The van der Waals surface area contributed by atoms with E-state index < -0.39 is 6.10 Å². The van der Waals surface area contributed by atoms with Crippen LogP contribution in [0.4, 0.5) is 0 Å². The van der Waals surface area contributed by atoms with Gasteiger partial charge in [0.2, 0.25) is 0 Å². The molecule has 1 aromatic carbocycles. The molecule has 0 heterocycles. The van der Waals surface area contributed by atoms with Crippen LogP contribution in [0.25, 0.3) is 0 Å². The number of ether oxygens (including phenoxy) is 1. The van der Waals surface area contributed by atoms with Gasteiger partial charge < -0.3 is 9.84 Å². The molecule has 1 atom stereocenters. The molecule has 1 rings (SSSR count). The van der Waals surface area contributed by atoms with Crippen molar-refractivity contribution in [2.45, 2.75) is 58.5 Å². The van der Waals surface area contributed by atoms with E-state index in [9.17, 15) is 5.11 Å². The molecule has 1 aromatic rings. The van der Waals surface area contributed by atoms with Crippen molar-refractivity contribution in [3.05, 3.63) is 28.2 Å². The second kappa shape index (κ2) is 9.38. The Morgan fingerprint density at radius 1 is 1.16 bits per heavy atom. The quantitative estimate of drug-likeness (QED) is 0.628. The van der Waals surface area contributed by atoms with E-state index in [0.29, 0.717) is 0 Å². The maximum absolute atomic E-state index is 9.73. The van der Waals surface area contributed by atoms with Crippen LogP contribution in [-0.4, -0.2) is 11.7 Å². The fourth-order valence-electron chi connectivity index (χ4n) is 2.04. The normalized spacial score (nSPS) is 12.4. The zero-order valence-corrected chi connectivity index (χ0v) is 13.6. The summed E-state index contributed by atoms with van der Waals surface area (Å²) in [5.41, 5.74) is 0.848. The van der Waals surface area contributed by atoms with Crippen LogP contribution in [0, 0.1) is 0 Å². The molecule has 0 aromatic heterocycles. The Balaban J connectivity index is 2.33. The maximum Gasteiger partial charge on any atom is 0.125 e. The lowest BCUT2D eigenvalue weighted by Gasteiger charge is -2.13. The Kier molecular flexibility index (Phi) is 8.15. The molecule has 0 radical (unpaired) electrons. The number of hydrogen-bond acceptors (Lipinski definition) is 2. The van der Waals surface area contributed by atoms with Gasteiger partial charge in [-0.25, -0.2) is 0 Å². The molecule has 0 aliphatic carbocycles. The van der Waals surface area contributed by atoms with Gasteiger partial charge in [0.1, 0.15) is 5.75 Å². The number of halogens is 1. The summed E-state index contributed by atoms with van der Waals surface area (Å²) < 4.78 is 6.75. The summed E-state index contributed by atoms with van der Waals surface area (Å²) in [6.45, 7) is 4.72. The van der Waals surface area contributed by atoms with Gasteiger partial charge >= 0.3 is 0 Å². The summed E-state index contributed by atoms with van der Waals surface area (Å²) in [4.78, 5) is 0. The summed E-state index contributed by atoms with van der Waals surface area (Å²) in [6, 6.07) is 5.78. The van der Waals surface area contributed by atoms with Crippen LogP contribution in [0.5, 0.6) is 5.75 Å². The van der Waals surface area contributed by atoms with Gasteiger partial charge in [-0.2, -0.15) is 0 Å². The van der Waals surface area contributed by atoms with Crippen molar-refractivity contribution in [2.24, 2.45) is 0 Å². The minimum absolute atomic E-state index is 0.503. The van der Waals surface area contributed by atoms with E-state index in [2.05, 4.69) is 22.9 Å². The van der Waals surface area contributed by atoms with Gasteiger partial charge in [-0.05, 0) is 31.5 Å². The fraction of sp³-hybridized carbons (Fsp3) is 0.625. The summed E-state index contributed by atoms with van der Waals surface area (Å²) >= 11 is 3.42. The largest absolute Gasteiger partial charge is 0.493 e. The third-order valence-electron chi connectivity index (χ3n) is 3.18. The molecule has 1 unspecified atom stereocenters. The Labute approximate surface area is 125 Å². The average molecular weight is 329 g/mol. The lowest BCUT2D eigenvalue weighted by Crippen LogP contribution is -2.02. The molecule has 0 spiro atoms. The second-order valence-corrected chi connectivity index (χ2v) is 5.89. The molecule has 0 aliphatic rings. The van der Waals surface area contributed by atoms with Gasteiger partial charge in [0.15, 0.2) is 0 Å². The predicted molar refractivity (Wildman–Crippen MR) is 83.6 cm³/mol. The van der Waals surface area contributed by atoms with E-state index in [4.69, 9.17) is 4.74 Å². The Hall–Kier alpha value is -0.540. The number of rotatable bonds is 9. The van der Waals surface area contributed by atoms with Crippen LogP contribution in [0.2, 0.25) is 0 Å².